The van der Waals surface area contributed by atoms with Crippen molar-refractivity contribution in [1.29, 1.82) is 0 Å². The van der Waals surface area contributed by atoms with Crippen molar-refractivity contribution < 1.29 is 32.9 Å². The van der Waals surface area contributed by atoms with Crippen LogP contribution in [-0.2, 0) is 18.4 Å². The maximum absolute atomic E-state index is 13.0. The maximum atomic E-state index is 13.0. The first kappa shape index (κ1) is 70.5. The highest BCUT2D eigenvalue weighted by molar-refractivity contribution is 7.47. The van der Waals surface area contributed by atoms with Gasteiger partial charge in [0.15, 0.2) is 0 Å². The highest BCUT2D eigenvalue weighted by Crippen LogP contribution is 2.43. The summed E-state index contributed by atoms with van der Waals surface area (Å²) < 4.78 is 23.8. The summed E-state index contributed by atoms with van der Waals surface area (Å²) in [6.07, 6.45) is 66.2. The molecule has 426 valence electrons. The number of phosphoric acid groups is 1. The Bertz CT molecular complexity index is 1120. The van der Waals surface area contributed by atoms with Crippen LogP contribution in [0.15, 0.2) is 0 Å². The number of carbonyl (C=O) groups is 1. The Morgan fingerprint density at radius 3 is 0.944 bits per heavy atom. The molecule has 0 spiro atoms. The minimum Gasteiger partial charge on any atom is -0.391 e. The molecule has 0 rings (SSSR count). The number of hydrogen-bond donors (Lipinski definition) is 3. The molecule has 1 unspecified atom stereocenters. The predicted octanol–water partition coefficient (Wildman–Crippen LogP) is 19.6. The summed E-state index contributed by atoms with van der Waals surface area (Å²) in [6, 6.07) is -0.755. The number of quaternary nitrogens is 1. The Balaban J connectivity index is 3.90. The topological polar surface area (TPSA) is 105 Å². The van der Waals surface area contributed by atoms with Crippen molar-refractivity contribution in [3.63, 3.8) is 0 Å². The Kier molecular flexibility index (Phi) is 53.9. The van der Waals surface area contributed by atoms with E-state index in [1.165, 1.54) is 276 Å². The fourth-order valence-corrected chi connectivity index (χ4v) is 10.8. The summed E-state index contributed by atoms with van der Waals surface area (Å²) >= 11 is 0. The molecule has 3 N–H and O–H groups in total. The number of phosphoric ester groups is 1. The molecule has 1 amide bonds. The molecule has 0 aromatic carbocycles. The molecule has 0 aliphatic rings. The van der Waals surface area contributed by atoms with Gasteiger partial charge < -0.3 is 19.8 Å². The van der Waals surface area contributed by atoms with Crippen LogP contribution in [-0.4, -0.2) is 73.4 Å². The van der Waals surface area contributed by atoms with Crippen molar-refractivity contribution in [1.82, 2.24) is 5.32 Å². The van der Waals surface area contributed by atoms with E-state index in [4.69, 9.17) is 9.05 Å². The standard InChI is InChI=1S/C62H127N2O6P/c1-6-8-10-12-14-16-18-20-22-23-24-25-26-27-28-29-30-31-32-33-34-35-36-37-38-39-40-42-44-46-48-50-52-54-56-62(66)63-60(59-70-71(67,68)69-58-57-64(3,4)5)61(65)55-53-51-49-47-45-43-41-21-19-17-15-13-11-9-7-2/h60-61,65H,6-59H2,1-5H3,(H-,63,66,67,68)/p+1/t60-,61+/m0/s1. The van der Waals surface area contributed by atoms with Crippen LogP contribution in [0, 0.1) is 0 Å². The molecule has 0 radical (unpaired) electrons. The highest BCUT2D eigenvalue weighted by atomic mass is 31.2. The van der Waals surface area contributed by atoms with E-state index in [1.807, 2.05) is 21.1 Å². The molecular formula is C62H128N2O6P+. The Morgan fingerprint density at radius 1 is 0.423 bits per heavy atom. The van der Waals surface area contributed by atoms with Gasteiger partial charge in [0.25, 0.3) is 0 Å². The zero-order valence-electron chi connectivity index (χ0n) is 48.8. The van der Waals surface area contributed by atoms with E-state index in [-0.39, 0.29) is 19.1 Å². The van der Waals surface area contributed by atoms with Gasteiger partial charge >= 0.3 is 7.82 Å². The van der Waals surface area contributed by atoms with Crippen LogP contribution in [0.3, 0.4) is 0 Å². The average molecular weight is 1030 g/mol. The molecule has 0 fully saturated rings. The van der Waals surface area contributed by atoms with Gasteiger partial charge in [0.2, 0.25) is 5.91 Å². The number of amides is 1. The third-order valence-corrected chi connectivity index (χ3v) is 16.1. The molecule has 0 bridgehead atoms. The lowest BCUT2D eigenvalue weighted by atomic mass is 10.0. The van der Waals surface area contributed by atoms with Gasteiger partial charge in [-0.25, -0.2) is 4.57 Å². The molecule has 0 aromatic heterocycles. The van der Waals surface area contributed by atoms with E-state index in [2.05, 4.69) is 19.2 Å². The Labute approximate surface area is 444 Å². The van der Waals surface area contributed by atoms with Crippen molar-refractivity contribution in [3.8, 4) is 0 Å². The van der Waals surface area contributed by atoms with E-state index in [0.717, 1.165) is 38.5 Å². The van der Waals surface area contributed by atoms with E-state index in [0.29, 0.717) is 23.9 Å². The van der Waals surface area contributed by atoms with Crippen LogP contribution < -0.4 is 5.32 Å². The van der Waals surface area contributed by atoms with Crippen molar-refractivity contribution >= 4 is 13.7 Å². The first-order chi connectivity index (χ1) is 34.5. The van der Waals surface area contributed by atoms with E-state index in [9.17, 15) is 19.4 Å². The highest BCUT2D eigenvalue weighted by Gasteiger charge is 2.28. The van der Waals surface area contributed by atoms with Crippen LogP contribution >= 0.6 is 7.82 Å². The number of unbranched alkanes of at least 4 members (excludes halogenated alkanes) is 47. The number of carbonyl (C=O) groups excluding carboxylic acids is 1. The third-order valence-electron chi connectivity index (χ3n) is 15.1. The number of aliphatic hydroxyl groups is 1. The number of nitrogens with one attached hydrogen (secondary N) is 1. The molecule has 0 saturated heterocycles. The summed E-state index contributed by atoms with van der Waals surface area (Å²) in [7, 11) is 1.64. The van der Waals surface area contributed by atoms with Crippen molar-refractivity contribution in [2.45, 2.75) is 353 Å². The second-order valence-electron chi connectivity index (χ2n) is 23.5. The molecule has 8 nitrogen and oxygen atoms in total. The molecular weight excluding hydrogens is 900 g/mol. The first-order valence-corrected chi connectivity index (χ1v) is 33.4. The first-order valence-electron chi connectivity index (χ1n) is 31.9. The van der Waals surface area contributed by atoms with E-state index >= 15 is 0 Å². The molecule has 0 aliphatic carbocycles. The van der Waals surface area contributed by atoms with Gasteiger partial charge in [0.1, 0.15) is 13.2 Å². The molecule has 0 saturated carbocycles. The summed E-state index contributed by atoms with van der Waals surface area (Å²) in [5.41, 5.74) is 0. The molecule has 0 aliphatic heterocycles. The van der Waals surface area contributed by atoms with Gasteiger partial charge in [0.05, 0.1) is 39.9 Å². The lowest BCUT2D eigenvalue weighted by Gasteiger charge is -2.26. The molecule has 3 atom stereocenters. The van der Waals surface area contributed by atoms with Gasteiger partial charge in [-0.2, -0.15) is 0 Å². The van der Waals surface area contributed by atoms with Crippen LogP contribution in [0.2, 0.25) is 0 Å². The number of nitrogens with zero attached hydrogens (tertiary/aromatic N) is 1. The summed E-state index contributed by atoms with van der Waals surface area (Å²) in [5, 5.41) is 14.1. The SMILES string of the molecule is CCCCCCCCCCCCCCCCCCCCCCCCCCCCCCCCCCCCC(=O)N[C@@H](COP(=O)(O)OCC[N+](C)(C)C)[C@H](O)CCCCCCCCCCCCCCCCC. The Hall–Kier alpha value is -0.500. The van der Waals surface area contributed by atoms with Crippen molar-refractivity contribution in [2.75, 3.05) is 40.9 Å². The quantitative estimate of drug-likeness (QED) is 0.0318. The third kappa shape index (κ3) is 57.1. The minimum absolute atomic E-state index is 0.0791. The lowest BCUT2D eigenvalue weighted by molar-refractivity contribution is -0.870. The van der Waals surface area contributed by atoms with Gasteiger partial charge in [-0.1, -0.05) is 322 Å². The minimum atomic E-state index is -4.32. The second kappa shape index (κ2) is 54.3. The van der Waals surface area contributed by atoms with Crippen LogP contribution in [0.5, 0.6) is 0 Å². The number of hydrogen-bond acceptors (Lipinski definition) is 5. The molecule has 9 heteroatoms. The number of rotatable bonds is 60. The van der Waals surface area contributed by atoms with E-state index in [1.54, 1.807) is 0 Å². The van der Waals surface area contributed by atoms with Crippen molar-refractivity contribution in [3.05, 3.63) is 0 Å². The maximum Gasteiger partial charge on any atom is 0.472 e. The molecule has 0 aromatic rings. The molecule has 71 heavy (non-hydrogen) atoms. The zero-order valence-corrected chi connectivity index (χ0v) is 49.7. The smallest absolute Gasteiger partial charge is 0.391 e. The zero-order chi connectivity index (χ0) is 52.0. The summed E-state index contributed by atoms with van der Waals surface area (Å²) in [4.78, 5) is 23.3. The van der Waals surface area contributed by atoms with Gasteiger partial charge in [0, 0.05) is 6.42 Å². The summed E-state index contributed by atoms with van der Waals surface area (Å²) in [5.74, 6) is -0.135. The number of aliphatic hydroxyl groups excluding tert-OH is 1. The Morgan fingerprint density at radius 2 is 0.676 bits per heavy atom. The van der Waals surface area contributed by atoms with Crippen molar-refractivity contribution in [2.24, 2.45) is 0 Å². The fraction of sp³-hybridized carbons (Fsp3) is 0.984. The lowest BCUT2D eigenvalue weighted by Crippen LogP contribution is -2.46. The monoisotopic (exact) mass is 1030 g/mol. The summed E-state index contributed by atoms with van der Waals surface area (Å²) in [6.45, 7) is 4.95. The largest absolute Gasteiger partial charge is 0.472 e. The predicted molar refractivity (Wildman–Crippen MR) is 309 cm³/mol. The van der Waals surface area contributed by atoms with Crippen LogP contribution in [0.1, 0.15) is 341 Å². The second-order valence-corrected chi connectivity index (χ2v) is 25.0. The van der Waals surface area contributed by atoms with Gasteiger partial charge in [-0.15, -0.1) is 0 Å². The average Bonchev–Trinajstić information content (AvgIpc) is 3.33. The van der Waals surface area contributed by atoms with Gasteiger partial charge in [-0.3, -0.25) is 13.8 Å². The van der Waals surface area contributed by atoms with Gasteiger partial charge in [-0.05, 0) is 12.8 Å². The fourth-order valence-electron chi connectivity index (χ4n) is 10.1. The van der Waals surface area contributed by atoms with E-state index < -0.39 is 20.0 Å². The van der Waals surface area contributed by atoms with Crippen LogP contribution in [0.4, 0.5) is 0 Å². The normalized spacial score (nSPS) is 13.7. The number of likely N-dealkylation sites (N-methyl/N-ethyl adjacent to an activating group) is 1. The molecule has 0 heterocycles. The van der Waals surface area contributed by atoms with Crippen LogP contribution in [0.25, 0.3) is 0 Å².